The molecule has 2 rings (SSSR count). The van der Waals surface area contributed by atoms with Crippen molar-refractivity contribution in [2.24, 2.45) is 10.7 Å². The normalized spacial score (nSPS) is 12.5. The van der Waals surface area contributed by atoms with E-state index in [1.807, 2.05) is 25.1 Å². The highest BCUT2D eigenvalue weighted by molar-refractivity contribution is 5.98. The van der Waals surface area contributed by atoms with Crippen LogP contribution in [-0.4, -0.2) is 10.9 Å². The van der Waals surface area contributed by atoms with E-state index in [9.17, 15) is 13.9 Å². The Kier molecular flexibility index (Phi) is 4.33. The Morgan fingerprint density at radius 3 is 2.57 bits per heavy atom. The van der Waals surface area contributed by atoms with Gasteiger partial charge in [-0.25, -0.2) is 13.8 Å². The van der Waals surface area contributed by atoms with Gasteiger partial charge in [0.15, 0.2) is 0 Å². The number of aliphatic imine (C=N–C) groups is 1. The number of benzene rings is 2. The second kappa shape index (κ2) is 6.17. The van der Waals surface area contributed by atoms with Crippen LogP contribution in [0, 0.1) is 18.6 Å². The molecule has 21 heavy (non-hydrogen) atoms. The van der Waals surface area contributed by atoms with Crippen molar-refractivity contribution in [1.82, 2.24) is 0 Å². The number of nitrogens with two attached hydrogens (primary N) is 1. The minimum atomic E-state index is -0.868. The Bertz CT molecular complexity index is 724. The van der Waals surface area contributed by atoms with E-state index >= 15 is 0 Å². The van der Waals surface area contributed by atoms with Gasteiger partial charge < -0.3 is 10.8 Å². The third-order valence-electron chi connectivity index (χ3n) is 2.86. The third kappa shape index (κ3) is 3.66. The summed E-state index contributed by atoms with van der Waals surface area (Å²) in [6.07, 6.45) is 1.13. The molecule has 0 unspecified atom stereocenters. The highest BCUT2D eigenvalue weighted by atomic mass is 19.1. The Labute approximate surface area is 121 Å². The van der Waals surface area contributed by atoms with Crippen LogP contribution in [-0.2, 0) is 0 Å². The Morgan fingerprint density at radius 1 is 1.19 bits per heavy atom. The van der Waals surface area contributed by atoms with Crippen LogP contribution in [0.4, 0.5) is 14.5 Å². The molecular formula is C16H14F2N2O. The molecule has 0 amide bonds. The van der Waals surface area contributed by atoms with Gasteiger partial charge in [-0.3, -0.25) is 0 Å². The Hall–Kier alpha value is -2.69. The molecule has 0 aromatic heterocycles. The van der Waals surface area contributed by atoms with Crippen LogP contribution in [0.15, 0.2) is 53.5 Å². The van der Waals surface area contributed by atoms with Crippen molar-refractivity contribution in [3.05, 3.63) is 71.3 Å². The average Bonchev–Trinajstić information content (AvgIpc) is 2.41. The lowest BCUT2D eigenvalue weighted by atomic mass is 10.1. The number of amidine groups is 1. The molecule has 3 nitrogen and oxygen atoms in total. The van der Waals surface area contributed by atoms with E-state index in [-0.39, 0.29) is 11.4 Å². The first-order valence-electron chi connectivity index (χ1n) is 6.23. The van der Waals surface area contributed by atoms with Crippen LogP contribution in [0.2, 0.25) is 0 Å². The van der Waals surface area contributed by atoms with E-state index in [2.05, 4.69) is 4.99 Å². The van der Waals surface area contributed by atoms with Crippen molar-refractivity contribution in [2.75, 3.05) is 0 Å². The summed E-state index contributed by atoms with van der Waals surface area (Å²) < 4.78 is 26.3. The molecule has 0 atom stereocenters. The van der Waals surface area contributed by atoms with Crippen LogP contribution in [0.1, 0.15) is 11.1 Å². The van der Waals surface area contributed by atoms with Crippen LogP contribution >= 0.6 is 0 Å². The number of rotatable bonds is 3. The lowest BCUT2D eigenvalue weighted by Gasteiger charge is -2.03. The van der Waals surface area contributed by atoms with Crippen molar-refractivity contribution in [2.45, 2.75) is 6.92 Å². The summed E-state index contributed by atoms with van der Waals surface area (Å²) in [5, 5.41) is 9.85. The molecule has 0 saturated heterocycles. The number of aliphatic hydroxyl groups excluding tert-OH is 1. The number of halogens is 2. The molecule has 5 heteroatoms. The van der Waals surface area contributed by atoms with Gasteiger partial charge in [-0.05, 0) is 30.7 Å². The number of aryl methyl sites for hydroxylation is 1. The molecule has 0 heterocycles. The molecule has 0 aliphatic heterocycles. The second-order valence-corrected chi connectivity index (χ2v) is 4.48. The lowest BCUT2D eigenvalue weighted by Crippen LogP contribution is -2.08. The average molecular weight is 288 g/mol. The van der Waals surface area contributed by atoms with Crippen molar-refractivity contribution in [3.63, 3.8) is 0 Å². The predicted molar refractivity (Wildman–Crippen MR) is 79.4 cm³/mol. The van der Waals surface area contributed by atoms with E-state index in [4.69, 9.17) is 5.73 Å². The maximum Gasteiger partial charge on any atom is 0.137 e. The lowest BCUT2D eigenvalue weighted by molar-refractivity contribution is 0.500. The van der Waals surface area contributed by atoms with E-state index < -0.39 is 17.4 Å². The Morgan fingerprint density at radius 2 is 1.90 bits per heavy atom. The largest absolute Gasteiger partial charge is 0.507 e. The minimum absolute atomic E-state index is 0.0190. The molecule has 0 aliphatic rings. The maximum atomic E-state index is 13.5. The number of hydrogen-bond donors (Lipinski definition) is 2. The van der Waals surface area contributed by atoms with E-state index in [1.54, 1.807) is 6.07 Å². The minimum Gasteiger partial charge on any atom is -0.507 e. The number of aliphatic hydroxyl groups is 1. The zero-order valence-corrected chi connectivity index (χ0v) is 11.3. The standard InChI is InChI=1S/C16H14F2N2O/c1-10-4-2-3-5-14(10)20-16(19)9-15(21)12-7-6-11(17)8-13(12)18/h2-9,21H,1H3,(H2,19,20)/b15-9-. The van der Waals surface area contributed by atoms with Crippen LogP contribution in [0.3, 0.4) is 0 Å². The highest BCUT2D eigenvalue weighted by Gasteiger charge is 2.08. The van der Waals surface area contributed by atoms with Gasteiger partial charge in [0.2, 0.25) is 0 Å². The summed E-state index contributed by atoms with van der Waals surface area (Å²) in [5.41, 5.74) is 7.14. The molecule has 2 aromatic rings. The molecule has 0 spiro atoms. The fourth-order valence-corrected chi connectivity index (χ4v) is 1.78. The van der Waals surface area contributed by atoms with Gasteiger partial charge >= 0.3 is 0 Å². The molecule has 0 bridgehead atoms. The fourth-order valence-electron chi connectivity index (χ4n) is 1.78. The van der Waals surface area contributed by atoms with Crippen molar-refractivity contribution in [3.8, 4) is 0 Å². The molecule has 0 saturated carbocycles. The van der Waals surface area contributed by atoms with Gasteiger partial charge in [-0.15, -0.1) is 0 Å². The molecule has 0 radical (unpaired) electrons. The number of para-hydroxylation sites is 1. The smallest absolute Gasteiger partial charge is 0.137 e. The van der Waals surface area contributed by atoms with Crippen molar-refractivity contribution in [1.29, 1.82) is 0 Å². The van der Waals surface area contributed by atoms with Crippen LogP contribution in [0.25, 0.3) is 5.76 Å². The van der Waals surface area contributed by atoms with Gasteiger partial charge in [0.05, 0.1) is 11.3 Å². The first kappa shape index (κ1) is 14.7. The topological polar surface area (TPSA) is 58.6 Å². The van der Waals surface area contributed by atoms with Crippen LogP contribution < -0.4 is 5.73 Å². The zero-order chi connectivity index (χ0) is 15.4. The molecular weight excluding hydrogens is 274 g/mol. The first-order valence-corrected chi connectivity index (χ1v) is 6.23. The van der Waals surface area contributed by atoms with Gasteiger partial charge in [0.25, 0.3) is 0 Å². The second-order valence-electron chi connectivity index (χ2n) is 4.48. The summed E-state index contributed by atoms with van der Waals surface area (Å²) in [7, 11) is 0. The number of hydrogen-bond acceptors (Lipinski definition) is 2. The summed E-state index contributed by atoms with van der Waals surface area (Å²) in [5.74, 6) is -1.98. The van der Waals surface area contributed by atoms with Gasteiger partial charge in [0, 0.05) is 12.1 Å². The highest BCUT2D eigenvalue weighted by Crippen LogP contribution is 2.19. The SMILES string of the molecule is Cc1ccccc1N=C(N)/C=C(\O)c1ccc(F)cc1F. The molecule has 0 aliphatic carbocycles. The fraction of sp³-hybridized carbons (Fsp3) is 0.0625. The summed E-state index contributed by atoms with van der Waals surface area (Å²) >= 11 is 0. The molecule has 2 aromatic carbocycles. The van der Waals surface area contributed by atoms with Gasteiger partial charge in [0.1, 0.15) is 23.2 Å². The van der Waals surface area contributed by atoms with E-state index in [0.29, 0.717) is 11.8 Å². The van der Waals surface area contributed by atoms with Crippen molar-refractivity contribution >= 4 is 17.3 Å². The molecule has 3 N–H and O–H groups in total. The maximum absolute atomic E-state index is 13.5. The Balaban J connectivity index is 2.32. The van der Waals surface area contributed by atoms with Gasteiger partial charge in [-0.1, -0.05) is 18.2 Å². The monoisotopic (exact) mass is 288 g/mol. The quantitative estimate of drug-likeness (QED) is 0.512. The first-order chi connectivity index (χ1) is 9.97. The zero-order valence-electron chi connectivity index (χ0n) is 11.3. The third-order valence-corrected chi connectivity index (χ3v) is 2.86. The van der Waals surface area contributed by atoms with Crippen molar-refractivity contribution < 1.29 is 13.9 Å². The molecule has 108 valence electrons. The predicted octanol–water partition coefficient (Wildman–Crippen LogP) is 3.86. The summed E-state index contributed by atoms with van der Waals surface area (Å²) in [6, 6.07) is 10.2. The molecule has 0 fully saturated rings. The summed E-state index contributed by atoms with van der Waals surface area (Å²) in [4.78, 5) is 4.13. The van der Waals surface area contributed by atoms with E-state index in [1.165, 1.54) is 0 Å². The van der Waals surface area contributed by atoms with Gasteiger partial charge in [-0.2, -0.15) is 0 Å². The van der Waals surface area contributed by atoms with Crippen LogP contribution in [0.5, 0.6) is 0 Å². The van der Waals surface area contributed by atoms with E-state index in [0.717, 1.165) is 23.8 Å². The summed E-state index contributed by atoms with van der Waals surface area (Å²) in [6.45, 7) is 1.87. The number of nitrogens with zero attached hydrogens (tertiary/aromatic N) is 1.